The number of carboxylic acid groups (broad SMARTS) is 1. The number of hydrogen-bond donors (Lipinski definition) is 3. The Morgan fingerprint density at radius 1 is 0.778 bits per heavy atom. The largest absolute Gasteiger partial charge is 0.480 e. The third-order valence-corrected chi connectivity index (χ3v) is 5.82. The van der Waals surface area contributed by atoms with Crippen LogP contribution in [0.1, 0.15) is 105 Å². The van der Waals surface area contributed by atoms with Crippen LogP contribution in [0.15, 0.2) is 0 Å². The van der Waals surface area contributed by atoms with Crippen molar-refractivity contribution in [3.8, 4) is 0 Å². The van der Waals surface area contributed by atoms with Crippen molar-refractivity contribution < 1.29 is 9.90 Å². The standard InChI is InChI=1S/C22H47N3O2/c1-5-7-9-11-13-15-17-25(18-16-14-12-10-8-6-2)22(19(3)23,20(4)24)21(26)27/h19-20H,5-18,23-24H2,1-4H3,(H,26,27). The SMILES string of the molecule is CCCCCCCCN(CCCCCCCC)C(C(=O)O)(C(C)N)C(C)N. The summed E-state index contributed by atoms with van der Waals surface area (Å²) in [5.74, 6) is -0.885. The molecule has 2 atom stereocenters. The average Bonchev–Trinajstić information content (AvgIpc) is 2.59. The van der Waals surface area contributed by atoms with E-state index in [1.807, 2.05) is 0 Å². The second-order valence-electron chi connectivity index (χ2n) is 8.23. The molecule has 0 saturated heterocycles. The molecule has 0 saturated carbocycles. The average molecular weight is 386 g/mol. The van der Waals surface area contributed by atoms with Gasteiger partial charge in [0.15, 0.2) is 0 Å². The minimum atomic E-state index is -1.19. The van der Waals surface area contributed by atoms with E-state index in [2.05, 4.69) is 18.7 Å². The fraction of sp³-hybridized carbons (Fsp3) is 0.955. The van der Waals surface area contributed by atoms with Crippen LogP contribution < -0.4 is 11.5 Å². The summed E-state index contributed by atoms with van der Waals surface area (Å²) >= 11 is 0. The number of nitrogens with zero attached hydrogens (tertiary/aromatic N) is 1. The molecule has 5 heteroatoms. The number of unbranched alkanes of at least 4 members (excludes halogenated alkanes) is 10. The number of hydrogen-bond acceptors (Lipinski definition) is 4. The lowest BCUT2D eigenvalue weighted by molar-refractivity contribution is -0.155. The highest BCUT2D eigenvalue weighted by molar-refractivity contribution is 5.81. The highest BCUT2D eigenvalue weighted by Gasteiger charge is 2.50. The van der Waals surface area contributed by atoms with E-state index in [0.717, 1.165) is 38.8 Å². The molecule has 0 aliphatic rings. The maximum atomic E-state index is 12.3. The first kappa shape index (κ1) is 26.4. The van der Waals surface area contributed by atoms with Gasteiger partial charge in [0, 0.05) is 12.1 Å². The van der Waals surface area contributed by atoms with Gasteiger partial charge in [0.2, 0.25) is 0 Å². The van der Waals surface area contributed by atoms with E-state index in [4.69, 9.17) is 11.5 Å². The zero-order valence-corrected chi connectivity index (χ0v) is 18.5. The van der Waals surface area contributed by atoms with Crippen molar-refractivity contribution in [2.24, 2.45) is 11.5 Å². The molecule has 0 heterocycles. The molecule has 0 aliphatic carbocycles. The summed E-state index contributed by atoms with van der Waals surface area (Å²) in [6.45, 7) is 9.52. The molecule has 5 N–H and O–H groups in total. The number of rotatable bonds is 18. The Morgan fingerprint density at radius 3 is 1.41 bits per heavy atom. The van der Waals surface area contributed by atoms with Crippen LogP contribution in [0.3, 0.4) is 0 Å². The van der Waals surface area contributed by atoms with Crippen molar-refractivity contribution in [3.05, 3.63) is 0 Å². The topological polar surface area (TPSA) is 92.6 Å². The Balaban J connectivity index is 4.93. The van der Waals surface area contributed by atoms with Crippen molar-refractivity contribution in [2.45, 2.75) is 122 Å². The van der Waals surface area contributed by atoms with Crippen molar-refractivity contribution in [1.82, 2.24) is 4.90 Å². The zero-order chi connectivity index (χ0) is 20.7. The quantitative estimate of drug-likeness (QED) is 0.301. The van der Waals surface area contributed by atoms with Crippen LogP contribution >= 0.6 is 0 Å². The molecule has 0 aromatic carbocycles. The molecule has 162 valence electrons. The summed E-state index contributed by atoms with van der Waals surface area (Å²) in [6, 6.07) is -1.04. The normalized spacial score (nSPS) is 16.3. The van der Waals surface area contributed by atoms with Gasteiger partial charge in [0.05, 0.1) is 0 Å². The summed E-state index contributed by atoms with van der Waals surface area (Å²) in [6.07, 6.45) is 14.3. The van der Waals surface area contributed by atoms with Crippen LogP contribution in [-0.2, 0) is 4.79 Å². The Morgan fingerprint density at radius 2 is 1.11 bits per heavy atom. The van der Waals surface area contributed by atoms with Gasteiger partial charge >= 0.3 is 5.97 Å². The fourth-order valence-corrected chi connectivity index (χ4v) is 4.16. The third kappa shape index (κ3) is 8.93. The summed E-state index contributed by atoms with van der Waals surface area (Å²) in [5, 5.41) is 10.1. The molecule has 0 aromatic heterocycles. The van der Waals surface area contributed by atoms with Gasteiger partial charge in [-0.25, -0.2) is 0 Å². The van der Waals surface area contributed by atoms with E-state index in [9.17, 15) is 9.90 Å². The lowest BCUT2D eigenvalue weighted by Crippen LogP contribution is -2.71. The van der Waals surface area contributed by atoms with E-state index in [1.165, 1.54) is 51.4 Å². The molecule has 0 bridgehead atoms. The van der Waals surface area contributed by atoms with Crippen LogP contribution in [0.25, 0.3) is 0 Å². The van der Waals surface area contributed by atoms with Crippen LogP contribution in [0, 0.1) is 0 Å². The molecule has 5 nitrogen and oxygen atoms in total. The van der Waals surface area contributed by atoms with E-state index in [-0.39, 0.29) is 0 Å². The smallest absolute Gasteiger partial charge is 0.327 e. The van der Waals surface area contributed by atoms with Gasteiger partial charge in [0.25, 0.3) is 0 Å². The van der Waals surface area contributed by atoms with Gasteiger partial charge in [0.1, 0.15) is 5.54 Å². The lowest BCUT2D eigenvalue weighted by Gasteiger charge is -2.46. The lowest BCUT2D eigenvalue weighted by atomic mass is 9.82. The predicted octanol–water partition coefficient (Wildman–Crippen LogP) is 4.53. The fourth-order valence-electron chi connectivity index (χ4n) is 4.16. The van der Waals surface area contributed by atoms with E-state index >= 15 is 0 Å². The summed E-state index contributed by atoms with van der Waals surface area (Å²) in [7, 11) is 0. The first-order valence-electron chi connectivity index (χ1n) is 11.3. The minimum absolute atomic E-state index is 0.518. The molecule has 0 radical (unpaired) electrons. The number of aliphatic carboxylic acids is 1. The molecule has 0 fully saturated rings. The minimum Gasteiger partial charge on any atom is -0.480 e. The monoisotopic (exact) mass is 385 g/mol. The number of nitrogens with two attached hydrogens (primary N) is 2. The Bertz CT molecular complexity index is 349. The van der Waals surface area contributed by atoms with Crippen molar-refractivity contribution >= 4 is 5.97 Å². The molecule has 27 heavy (non-hydrogen) atoms. The second kappa shape index (κ2) is 15.3. The number of carbonyl (C=O) groups is 1. The highest BCUT2D eigenvalue weighted by Crippen LogP contribution is 2.25. The Labute approximate surface area is 168 Å². The molecule has 0 aliphatic heterocycles. The Kier molecular flexibility index (Phi) is 14.9. The van der Waals surface area contributed by atoms with Gasteiger partial charge in [-0.05, 0) is 39.8 Å². The molecular formula is C22H47N3O2. The van der Waals surface area contributed by atoms with Crippen molar-refractivity contribution in [2.75, 3.05) is 13.1 Å². The van der Waals surface area contributed by atoms with Gasteiger partial charge in [-0.3, -0.25) is 9.69 Å². The van der Waals surface area contributed by atoms with Crippen LogP contribution in [0.4, 0.5) is 0 Å². The van der Waals surface area contributed by atoms with Crippen LogP contribution in [0.5, 0.6) is 0 Å². The first-order chi connectivity index (χ1) is 12.8. The van der Waals surface area contributed by atoms with Crippen LogP contribution in [0.2, 0.25) is 0 Å². The van der Waals surface area contributed by atoms with Crippen molar-refractivity contribution in [3.63, 3.8) is 0 Å². The molecule has 2 unspecified atom stereocenters. The van der Waals surface area contributed by atoms with Gasteiger partial charge in [-0.1, -0.05) is 78.1 Å². The van der Waals surface area contributed by atoms with E-state index in [1.54, 1.807) is 13.8 Å². The zero-order valence-electron chi connectivity index (χ0n) is 18.5. The second-order valence-corrected chi connectivity index (χ2v) is 8.23. The summed E-state index contributed by atoms with van der Waals surface area (Å²) < 4.78 is 0. The van der Waals surface area contributed by atoms with Crippen LogP contribution in [-0.4, -0.2) is 46.7 Å². The highest BCUT2D eigenvalue weighted by atomic mass is 16.4. The van der Waals surface area contributed by atoms with Gasteiger partial charge < -0.3 is 16.6 Å². The van der Waals surface area contributed by atoms with Gasteiger partial charge in [-0.2, -0.15) is 0 Å². The third-order valence-electron chi connectivity index (χ3n) is 5.82. The maximum Gasteiger partial charge on any atom is 0.327 e. The first-order valence-corrected chi connectivity index (χ1v) is 11.3. The maximum absolute atomic E-state index is 12.3. The predicted molar refractivity (Wildman–Crippen MR) is 116 cm³/mol. The Hall–Kier alpha value is -0.650. The molecule has 0 aromatic rings. The molecule has 0 rings (SSSR count). The van der Waals surface area contributed by atoms with E-state index < -0.39 is 23.6 Å². The van der Waals surface area contributed by atoms with E-state index in [0.29, 0.717) is 0 Å². The van der Waals surface area contributed by atoms with Crippen molar-refractivity contribution in [1.29, 1.82) is 0 Å². The number of carboxylic acids is 1. The molecular weight excluding hydrogens is 338 g/mol. The van der Waals surface area contributed by atoms with Gasteiger partial charge in [-0.15, -0.1) is 0 Å². The molecule has 0 amide bonds. The molecule has 0 spiro atoms. The summed E-state index contributed by atoms with van der Waals surface area (Å²) in [4.78, 5) is 14.4. The summed E-state index contributed by atoms with van der Waals surface area (Å²) in [5.41, 5.74) is 11.2.